The molecule has 0 amide bonds. The predicted octanol–water partition coefficient (Wildman–Crippen LogP) is 1.44. The molecule has 0 saturated carbocycles. The van der Waals surface area contributed by atoms with E-state index >= 15 is 0 Å². The Bertz CT molecular complexity index is 927. The smallest absolute Gasteiger partial charge is 0.263 e. The quantitative estimate of drug-likeness (QED) is 0.723. The molecule has 23 heavy (non-hydrogen) atoms. The fourth-order valence-corrected chi connectivity index (χ4v) is 3.22. The molecular formula is C16H13N2O4S-. The molecule has 3 aromatic rings. The number of benzene rings is 1. The van der Waals surface area contributed by atoms with Crippen molar-refractivity contribution in [3.63, 3.8) is 0 Å². The monoisotopic (exact) mass is 329 g/mol. The second kappa shape index (κ2) is 5.85. The first kappa shape index (κ1) is 15.2. The van der Waals surface area contributed by atoms with E-state index in [1.165, 1.54) is 24.6 Å². The van der Waals surface area contributed by atoms with Crippen molar-refractivity contribution < 1.29 is 14.6 Å². The summed E-state index contributed by atoms with van der Waals surface area (Å²) in [6.45, 7) is 1.39. The van der Waals surface area contributed by atoms with Crippen LogP contribution in [-0.2, 0) is 4.79 Å². The Hall–Kier alpha value is -2.67. The SMILES string of the molecule is COc1ccc(-c2csc3ncn([C@@H](C)C(=O)[O-])c(=O)c23)cc1. The zero-order chi connectivity index (χ0) is 16.6. The van der Waals surface area contributed by atoms with Crippen molar-refractivity contribution in [3.05, 3.63) is 46.3 Å². The number of hydrogen-bond acceptors (Lipinski definition) is 6. The normalized spacial score (nSPS) is 12.3. The molecule has 0 bridgehead atoms. The van der Waals surface area contributed by atoms with Crippen LogP contribution >= 0.6 is 11.3 Å². The van der Waals surface area contributed by atoms with Crippen molar-refractivity contribution in [2.24, 2.45) is 0 Å². The number of carbonyl (C=O) groups excluding carboxylic acids is 1. The van der Waals surface area contributed by atoms with Crippen LogP contribution < -0.4 is 15.4 Å². The van der Waals surface area contributed by atoms with Gasteiger partial charge in [-0.1, -0.05) is 12.1 Å². The lowest BCUT2D eigenvalue weighted by molar-refractivity contribution is -0.309. The molecule has 0 aliphatic carbocycles. The topological polar surface area (TPSA) is 84.2 Å². The van der Waals surface area contributed by atoms with E-state index < -0.39 is 17.6 Å². The van der Waals surface area contributed by atoms with Crippen LogP contribution in [0.15, 0.2) is 40.8 Å². The van der Waals surface area contributed by atoms with Gasteiger partial charge in [0.2, 0.25) is 0 Å². The van der Waals surface area contributed by atoms with E-state index in [2.05, 4.69) is 4.98 Å². The maximum atomic E-state index is 12.7. The molecular weight excluding hydrogens is 316 g/mol. The van der Waals surface area contributed by atoms with Crippen LogP contribution in [0.25, 0.3) is 21.3 Å². The van der Waals surface area contributed by atoms with Crippen LogP contribution in [0.3, 0.4) is 0 Å². The van der Waals surface area contributed by atoms with E-state index in [-0.39, 0.29) is 0 Å². The third kappa shape index (κ3) is 2.59. The third-order valence-electron chi connectivity index (χ3n) is 3.68. The van der Waals surface area contributed by atoms with Gasteiger partial charge in [-0.25, -0.2) is 4.98 Å². The van der Waals surface area contributed by atoms with E-state index in [1.807, 2.05) is 17.5 Å². The minimum atomic E-state index is -1.32. The summed E-state index contributed by atoms with van der Waals surface area (Å²) >= 11 is 1.34. The summed E-state index contributed by atoms with van der Waals surface area (Å²) in [5, 5.41) is 13.3. The summed E-state index contributed by atoms with van der Waals surface area (Å²) in [6, 6.07) is 6.22. The first-order valence-electron chi connectivity index (χ1n) is 6.86. The number of carboxylic acids is 1. The summed E-state index contributed by atoms with van der Waals surface area (Å²) in [4.78, 5) is 28.5. The van der Waals surface area contributed by atoms with Gasteiger partial charge in [0.05, 0.1) is 30.8 Å². The van der Waals surface area contributed by atoms with E-state index in [4.69, 9.17) is 4.74 Å². The Labute approximate surface area is 135 Å². The van der Waals surface area contributed by atoms with Crippen LogP contribution in [-0.4, -0.2) is 22.6 Å². The van der Waals surface area contributed by atoms with Gasteiger partial charge in [0, 0.05) is 10.9 Å². The third-order valence-corrected chi connectivity index (χ3v) is 4.57. The van der Waals surface area contributed by atoms with E-state index in [0.717, 1.165) is 21.4 Å². The molecule has 1 atom stereocenters. The van der Waals surface area contributed by atoms with Gasteiger partial charge in [0.1, 0.15) is 10.6 Å². The fraction of sp³-hybridized carbons (Fsp3) is 0.188. The first-order valence-corrected chi connectivity index (χ1v) is 7.74. The van der Waals surface area contributed by atoms with Crippen LogP contribution in [0.4, 0.5) is 0 Å². The first-order chi connectivity index (χ1) is 11.0. The number of aliphatic carboxylic acids is 1. The second-order valence-electron chi connectivity index (χ2n) is 5.01. The molecule has 0 radical (unpaired) electrons. The lowest BCUT2D eigenvalue weighted by Crippen LogP contribution is -2.36. The molecule has 0 aliphatic rings. The molecule has 2 aromatic heterocycles. The van der Waals surface area contributed by atoms with Gasteiger partial charge < -0.3 is 14.6 Å². The molecule has 3 rings (SSSR count). The van der Waals surface area contributed by atoms with Gasteiger partial charge >= 0.3 is 0 Å². The Morgan fingerprint density at radius 2 is 2.04 bits per heavy atom. The van der Waals surface area contributed by atoms with Gasteiger partial charge in [0.25, 0.3) is 5.56 Å². The van der Waals surface area contributed by atoms with Crippen molar-refractivity contribution in [1.29, 1.82) is 0 Å². The van der Waals surface area contributed by atoms with Gasteiger partial charge in [-0.2, -0.15) is 0 Å². The Morgan fingerprint density at radius 1 is 1.35 bits per heavy atom. The van der Waals surface area contributed by atoms with Gasteiger partial charge in [0.15, 0.2) is 0 Å². The highest BCUT2D eigenvalue weighted by atomic mass is 32.1. The van der Waals surface area contributed by atoms with E-state index in [9.17, 15) is 14.7 Å². The molecule has 1 aromatic carbocycles. The minimum absolute atomic E-state index is 0.390. The number of thiophene rings is 1. The molecule has 118 valence electrons. The number of carbonyl (C=O) groups is 1. The average Bonchev–Trinajstić information content (AvgIpc) is 2.99. The predicted molar refractivity (Wildman–Crippen MR) is 85.6 cm³/mol. The van der Waals surface area contributed by atoms with Gasteiger partial charge in [-0.3, -0.25) is 9.36 Å². The summed E-state index contributed by atoms with van der Waals surface area (Å²) < 4.78 is 6.21. The van der Waals surface area contributed by atoms with Gasteiger partial charge in [-0.15, -0.1) is 11.3 Å². The molecule has 0 aliphatic heterocycles. The summed E-state index contributed by atoms with van der Waals surface area (Å²) in [5.41, 5.74) is 1.18. The molecule has 6 nitrogen and oxygen atoms in total. The van der Waals surface area contributed by atoms with Crippen molar-refractivity contribution in [3.8, 4) is 16.9 Å². The van der Waals surface area contributed by atoms with Crippen molar-refractivity contribution in [2.75, 3.05) is 7.11 Å². The van der Waals surface area contributed by atoms with Crippen LogP contribution in [0.5, 0.6) is 5.75 Å². The lowest BCUT2D eigenvalue weighted by atomic mass is 10.1. The van der Waals surface area contributed by atoms with Crippen molar-refractivity contribution in [1.82, 2.24) is 9.55 Å². The lowest BCUT2D eigenvalue weighted by Gasteiger charge is -2.15. The summed E-state index contributed by atoms with van der Waals surface area (Å²) in [7, 11) is 1.58. The highest BCUT2D eigenvalue weighted by molar-refractivity contribution is 7.17. The van der Waals surface area contributed by atoms with Gasteiger partial charge in [-0.05, 0) is 24.6 Å². The standard InChI is InChI=1S/C16H14N2O4S/c1-9(16(20)21)18-8-17-14-13(15(18)19)12(7-23-14)10-3-5-11(22-2)6-4-10/h3-9H,1-2H3,(H,20,21)/p-1/t9-/m0/s1. The Kier molecular flexibility index (Phi) is 3.87. The Morgan fingerprint density at radius 3 is 2.65 bits per heavy atom. The van der Waals surface area contributed by atoms with E-state index in [1.54, 1.807) is 19.2 Å². The summed E-state index contributed by atoms with van der Waals surface area (Å²) in [5.74, 6) is -0.608. The number of carboxylic acid groups (broad SMARTS) is 1. The number of methoxy groups -OCH3 is 1. The number of rotatable bonds is 4. The maximum Gasteiger partial charge on any atom is 0.263 e. The largest absolute Gasteiger partial charge is 0.548 e. The van der Waals surface area contributed by atoms with Crippen molar-refractivity contribution >= 4 is 27.5 Å². The number of ether oxygens (including phenoxy) is 1. The fourth-order valence-electron chi connectivity index (χ4n) is 2.32. The molecule has 0 N–H and O–H groups in total. The van der Waals surface area contributed by atoms with Crippen LogP contribution in [0.1, 0.15) is 13.0 Å². The van der Waals surface area contributed by atoms with Crippen molar-refractivity contribution in [2.45, 2.75) is 13.0 Å². The number of nitrogens with zero attached hydrogens (tertiary/aromatic N) is 2. The van der Waals surface area contributed by atoms with E-state index in [0.29, 0.717) is 10.2 Å². The number of fused-ring (bicyclic) bond motifs is 1. The molecule has 0 unspecified atom stereocenters. The zero-order valence-electron chi connectivity index (χ0n) is 12.5. The molecule has 2 heterocycles. The molecule has 0 fully saturated rings. The van der Waals surface area contributed by atoms with Crippen LogP contribution in [0, 0.1) is 0 Å². The molecule has 0 spiro atoms. The maximum absolute atomic E-state index is 12.7. The highest BCUT2D eigenvalue weighted by Crippen LogP contribution is 2.31. The summed E-state index contributed by atoms with van der Waals surface area (Å²) in [6.07, 6.45) is 1.25. The molecule has 0 saturated heterocycles. The average molecular weight is 329 g/mol. The number of aromatic nitrogens is 2. The molecule has 7 heteroatoms. The number of hydrogen-bond donors (Lipinski definition) is 0. The Balaban J connectivity index is 2.20. The second-order valence-corrected chi connectivity index (χ2v) is 5.87. The van der Waals surface area contributed by atoms with Crippen LogP contribution in [0.2, 0.25) is 0 Å². The highest BCUT2D eigenvalue weighted by Gasteiger charge is 2.16. The minimum Gasteiger partial charge on any atom is -0.548 e. The zero-order valence-corrected chi connectivity index (χ0v) is 13.3.